The molecule has 28 heavy (non-hydrogen) atoms. The Balaban J connectivity index is 1.74. The fraction of sp³-hybridized carbons (Fsp3) is 0.636. The summed E-state index contributed by atoms with van der Waals surface area (Å²) in [5.74, 6) is 1.96. The fourth-order valence-electron chi connectivity index (χ4n) is 3.35. The van der Waals surface area contributed by atoms with E-state index in [1.54, 1.807) is 0 Å². The number of guanidine groups is 1. The largest absolute Gasteiger partial charge is 0.357 e. The van der Waals surface area contributed by atoms with Gasteiger partial charge in [0.25, 0.3) is 0 Å². The van der Waals surface area contributed by atoms with Crippen molar-refractivity contribution in [3.8, 4) is 0 Å². The molecule has 1 aromatic heterocycles. The number of hydrogen-bond donors (Lipinski definition) is 3. The molecule has 6 heteroatoms. The molecule has 2 rings (SSSR count). The van der Waals surface area contributed by atoms with Crippen LogP contribution in [0.5, 0.6) is 0 Å². The van der Waals surface area contributed by atoms with Gasteiger partial charge in [-0.1, -0.05) is 26.0 Å². The topological polar surface area (TPSA) is 68.3 Å². The van der Waals surface area contributed by atoms with Crippen molar-refractivity contribution in [2.24, 2.45) is 4.99 Å². The summed E-state index contributed by atoms with van der Waals surface area (Å²) < 4.78 is 0. The highest BCUT2D eigenvalue weighted by atomic mass is 15.2. The number of H-pyrrole nitrogens is 1. The third-order valence-corrected chi connectivity index (χ3v) is 5.01. The number of nitrogens with one attached hydrogen (secondary N) is 3. The van der Waals surface area contributed by atoms with E-state index in [1.165, 1.54) is 13.0 Å². The van der Waals surface area contributed by atoms with Crippen molar-refractivity contribution in [3.05, 3.63) is 30.1 Å². The number of aromatic amines is 1. The molecule has 156 valence electrons. The van der Waals surface area contributed by atoms with Crippen molar-refractivity contribution < 1.29 is 0 Å². The van der Waals surface area contributed by atoms with E-state index in [0.29, 0.717) is 6.04 Å². The van der Waals surface area contributed by atoms with Crippen LogP contribution in [0.1, 0.15) is 52.8 Å². The van der Waals surface area contributed by atoms with E-state index in [0.717, 1.165) is 68.3 Å². The van der Waals surface area contributed by atoms with Gasteiger partial charge in [0.05, 0.1) is 11.0 Å². The molecule has 1 unspecified atom stereocenters. The van der Waals surface area contributed by atoms with Gasteiger partial charge in [0.15, 0.2) is 5.96 Å². The minimum atomic E-state index is 0.420. The highest BCUT2D eigenvalue weighted by Crippen LogP contribution is 2.11. The van der Waals surface area contributed by atoms with Gasteiger partial charge in [-0.05, 0) is 64.9 Å². The molecule has 1 aromatic carbocycles. The second-order valence-corrected chi connectivity index (χ2v) is 7.28. The van der Waals surface area contributed by atoms with Gasteiger partial charge in [-0.15, -0.1) is 0 Å². The predicted molar refractivity (Wildman–Crippen MR) is 120 cm³/mol. The van der Waals surface area contributed by atoms with Gasteiger partial charge < -0.3 is 20.5 Å². The van der Waals surface area contributed by atoms with Crippen molar-refractivity contribution in [2.45, 2.75) is 59.4 Å². The summed E-state index contributed by atoms with van der Waals surface area (Å²) in [4.78, 5) is 15.2. The Morgan fingerprint density at radius 1 is 1.18 bits per heavy atom. The van der Waals surface area contributed by atoms with Gasteiger partial charge >= 0.3 is 0 Å². The van der Waals surface area contributed by atoms with Crippen molar-refractivity contribution >= 4 is 17.0 Å². The number of aryl methyl sites for hydroxylation is 1. The Kier molecular flexibility index (Phi) is 9.83. The molecule has 1 heterocycles. The van der Waals surface area contributed by atoms with Crippen LogP contribution in [0.25, 0.3) is 11.0 Å². The van der Waals surface area contributed by atoms with Gasteiger partial charge in [-0.3, -0.25) is 4.99 Å². The van der Waals surface area contributed by atoms with Gasteiger partial charge in [0.2, 0.25) is 0 Å². The molecule has 0 radical (unpaired) electrons. The molecule has 2 aromatic rings. The van der Waals surface area contributed by atoms with Gasteiger partial charge in [0.1, 0.15) is 5.82 Å². The molecule has 0 amide bonds. The van der Waals surface area contributed by atoms with E-state index in [9.17, 15) is 0 Å². The summed E-state index contributed by atoms with van der Waals surface area (Å²) in [6.45, 7) is 13.9. The minimum Gasteiger partial charge on any atom is -0.357 e. The van der Waals surface area contributed by atoms with Crippen LogP contribution < -0.4 is 10.6 Å². The molecule has 3 N–H and O–H groups in total. The predicted octanol–water partition coefficient (Wildman–Crippen LogP) is 3.56. The zero-order valence-corrected chi connectivity index (χ0v) is 18.1. The maximum Gasteiger partial charge on any atom is 0.191 e. The highest BCUT2D eigenvalue weighted by molar-refractivity contribution is 5.80. The first-order valence-corrected chi connectivity index (χ1v) is 10.9. The number of hydrogen-bond acceptors (Lipinski definition) is 3. The molecule has 6 nitrogen and oxygen atoms in total. The normalized spacial score (nSPS) is 13.2. The summed E-state index contributed by atoms with van der Waals surface area (Å²) in [7, 11) is 0. The summed E-state index contributed by atoms with van der Waals surface area (Å²) in [6.07, 6.45) is 4.25. The average Bonchev–Trinajstić information content (AvgIpc) is 3.11. The molecular formula is C22H38N6. The van der Waals surface area contributed by atoms with Crippen LogP contribution in [0, 0.1) is 0 Å². The summed E-state index contributed by atoms with van der Waals surface area (Å²) in [5, 5.41) is 6.91. The van der Waals surface area contributed by atoms with Crippen LogP contribution in [-0.2, 0) is 6.42 Å². The molecule has 0 saturated heterocycles. The highest BCUT2D eigenvalue weighted by Gasteiger charge is 2.07. The molecule has 0 aliphatic carbocycles. The van der Waals surface area contributed by atoms with E-state index in [4.69, 9.17) is 4.99 Å². The maximum atomic E-state index is 4.74. The standard InChI is InChI=1S/C22H38N6/c1-5-23-22(25-18(4)12-11-17-28(6-2)7-3)24-16-10-15-21-26-19-13-8-9-14-20(19)27-21/h8-9,13-14,18H,5-7,10-12,15-17H2,1-4H3,(H,26,27)(H2,23,24,25). The Hall–Kier alpha value is -2.08. The van der Waals surface area contributed by atoms with Crippen LogP contribution in [0.2, 0.25) is 0 Å². The number of imidazole rings is 1. The molecule has 0 aliphatic heterocycles. The van der Waals surface area contributed by atoms with Crippen LogP contribution in [0.3, 0.4) is 0 Å². The van der Waals surface area contributed by atoms with Crippen LogP contribution in [-0.4, -0.2) is 59.6 Å². The lowest BCUT2D eigenvalue weighted by atomic mass is 10.2. The molecule has 0 fully saturated rings. The first-order chi connectivity index (χ1) is 13.7. The third kappa shape index (κ3) is 7.50. The number of rotatable bonds is 12. The van der Waals surface area contributed by atoms with Crippen molar-refractivity contribution in [1.29, 1.82) is 0 Å². The summed E-state index contributed by atoms with van der Waals surface area (Å²) in [5.41, 5.74) is 2.14. The Labute approximate surface area is 170 Å². The van der Waals surface area contributed by atoms with E-state index in [-0.39, 0.29) is 0 Å². The Morgan fingerprint density at radius 3 is 2.68 bits per heavy atom. The number of nitrogens with zero attached hydrogens (tertiary/aromatic N) is 3. The van der Waals surface area contributed by atoms with E-state index >= 15 is 0 Å². The lowest BCUT2D eigenvalue weighted by Crippen LogP contribution is -2.42. The summed E-state index contributed by atoms with van der Waals surface area (Å²) >= 11 is 0. The second kappa shape index (κ2) is 12.4. The monoisotopic (exact) mass is 386 g/mol. The van der Waals surface area contributed by atoms with Crippen LogP contribution >= 0.6 is 0 Å². The zero-order chi connectivity index (χ0) is 20.2. The first-order valence-electron chi connectivity index (χ1n) is 10.9. The van der Waals surface area contributed by atoms with E-state index < -0.39 is 0 Å². The van der Waals surface area contributed by atoms with E-state index in [2.05, 4.69) is 59.3 Å². The van der Waals surface area contributed by atoms with Crippen LogP contribution in [0.15, 0.2) is 29.3 Å². The number of aliphatic imine (C=N–C) groups is 1. The molecular weight excluding hydrogens is 348 g/mol. The fourth-order valence-corrected chi connectivity index (χ4v) is 3.35. The zero-order valence-electron chi connectivity index (χ0n) is 18.1. The minimum absolute atomic E-state index is 0.420. The lowest BCUT2D eigenvalue weighted by Gasteiger charge is -2.21. The smallest absolute Gasteiger partial charge is 0.191 e. The molecule has 0 saturated carbocycles. The van der Waals surface area contributed by atoms with Crippen molar-refractivity contribution in [2.75, 3.05) is 32.7 Å². The Bertz CT molecular complexity index is 671. The number of para-hydroxylation sites is 2. The number of fused-ring (bicyclic) bond motifs is 1. The molecule has 1 atom stereocenters. The first kappa shape index (κ1) is 22.2. The molecule has 0 aliphatic rings. The van der Waals surface area contributed by atoms with Gasteiger partial charge in [-0.2, -0.15) is 0 Å². The average molecular weight is 387 g/mol. The number of benzene rings is 1. The lowest BCUT2D eigenvalue weighted by molar-refractivity contribution is 0.292. The third-order valence-electron chi connectivity index (χ3n) is 5.01. The van der Waals surface area contributed by atoms with Crippen molar-refractivity contribution in [3.63, 3.8) is 0 Å². The van der Waals surface area contributed by atoms with Gasteiger partial charge in [0, 0.05) is 25.6 Å². The quantitative estimate of drug-likeness (QED) is 0.296. The van der Waals surface area contributed by atoms with Crippen LogP contribution in [0.4, 0.5) is 0 Å². The molecule has 0 spiro atoms. The van der Waals surface area contributed by atoms with Gasteiger partial charge in [-0.25, -0.2) is 4.98 Å². The second-order valence-electron chi connectivity index (χ2n) is 7.28. The van der Waals surface area contributed by atoms with E-state index in [1.807, 2.05) is 18.2 Å². The van der Waals surface area contributed by atoms with Crippen molar-refractivity contribution in [1.82, 2.24) is 25.5 Å². The Morgan fingerprint density at radius 2 is 1.96 bits per heavy atom. The maximum absolute atomic E-state index is 4.74. The number of aromatic nitrogens is 2. The SMILES string of the molecule is CCNC(=NCCCc1nc2ccccc2[nH]1)NC(C)CCCN(CC)CC. The molecule has 0 bridgehead atoms. The summed E-state index contributed by atoms with van der Waals surface area (Å²) in [6, 6.07) is 8.59.